The molecule has 2 aromatic rings. The first-order valence-corrected chi connectivity index (χ1v) is 8.79. The van der Waals surface area contributed by atoms with E-state index in [2.05, 4.69) is 10.6 Å². The van der Waals surface area contributed by atoms with E-state index in [1.165, 1.54) is 11.3 Å². The largest absolute Gasteiger partial charge is 0.383 e. The van der Waals surface area contributed by atoms with Crippen molar-refractivity contribution >= 4 is 23.2 Å². The van der Waals surface area contributed by atoms with Gasteiger partial charge in [0.05, 0.1) is 6.54 Å². The van der Waals surface area contributed by atoms with Gasteiger partial charge in [0.15, 0.2) is 0 Å². The maximum Gasteiger partial charge on any atom is 0.251 e. The molecule has 3 rings (SSSR count). The molecule has 24 heavy (non-hydrogen) atoms. The van der Waals surface area contributed by atoms with Crippen LogP contribution in [0.3, 0.4) is 0 Å². The third kappa shape index (κ3) is 4.01. The lowest BCUT2D eigenvalue weighted by molar-refractivity contribution is 0.0557. The average Bonchev–Trinajstić information content (AvgIpc) is 3.20. The fourth-order valence-electron chi connectivity index (χ4n) is 2.30. The van der Waals surface area contributed by atoms with E-state index in [1.807, 2.05) is 17.5 Å². The normalized spacial score (nSPS) is 16.2. The summed E-state index contributed by atoms with van der Waals surface area (Å²) in [5.74, 6) is -0.383. The Morgan fingerprint density at radius 3 is 2.33 bits per heavy atom. The maximum absolute atomic E-state index is 12.2. The Morgan fingerprint density at radius 2 is 1.79 bits per heavy atom. The summed E-state index contributed by atoms with van der Waals surface area (Å²) in [7, 11) is 0. The number of nitrogens with one attached hydrogen (secondary N) is 2. The van der Waals surface area contributed by atoms with Crippen molar-refractivity contribution in [2.45, 2.75) is 31.4 Å². The molecule has 0 bridgehead atoms. The topological polar surface area (TPSA) is 78.4 Å². The van der Waals surface area contributed by atoms with Gasteiger partial charge in [0.25, 0.3) is 11.8 Å². The standard InChI is InChI=1S/C18H20N2O3S/c1-18(23,15-3-2-10-24-15)11-19-16(21)12-4-6-13(7-5-12)17(22)20-14-8-9-14/h2-7,10,14,23H,8-9,11H2,1H3,(H,19,21)(H,20,22). The molecule has 1 atom stereocenters. The second-order valence-electron chi connectivity index (χ2n) is 6.26. The van der Waals surface area contributed by atoms with Crippen molar-refractivity contribution in [2.75, 3.05) is 6.54 Å². The van der Waals surface area contributed by atoms with Crippen LogP contribution in [0.5, 0.6) is 0 Å². The summed E-state index contributed by atoms with van der Waals surface area (Å²) in [6.45, 7) is 1.79. The first-order chi connectivity index (χ1) is 11.5. The second kappa shape index (κ2) is 6.75. The van der Waals surface area contributed by atoms with Crippen LogP contribution in [0.2, 0.25) is 0 Å². The molecule has 1 aromatic heterocycles. The van der Waals surface area contributed by atoms with Crippen LogP contribution >= 0.6 is 11.3 Å². The number of carbonyl (C=O) groups is 2. The summed E-state index contributed by atoms with van der Waals surface area (Å²) in [5, 5.41) is 17.9. The SMILES string of the molecule is CC(O)(CNC(=O)c1ccc(C(=O)NC2CC2)cc1)c1cccs1. The fraction of sp³-hybridized carbons (Fsp3) is 0.333. The van der Waals surface area contributed by atoms with E-state index in [1.54, 1.807) is 31.2 Å². The number of hydrogen-bond donors (Lipinski definition) is 3. The highest BCUT2D eigenvalue weighted by molar-refractivity contribution is 7.10. The molecule has 3 N–H and O–H groups in total. The Hall–Kier alpha value is -2.18. The molecule has 1 aliphatic carbocycles. The summed E-state index contributed by atoms with van der Waals surface area (Å²) in [4.78, 5) is 24.9. The van der Waals surface area contributed by atoms with Gasteiger partial charge in [-0.05, 0) is 55.5 Å². The van der Waals surface area contributed by atoms with Crippen molar-refractivity contribution in [2.24, 2.45) is 0 Å². The van der Waals surface area contributed by atoms with Crippen molar-refractivity contribution in [1.29, 1.82) is 0 Å². The number of benzene rings is 1. The van der Waals surface area contributed by atoms with Gasteiger partial charge in [0.1, 0.15) is 5.60 Å². The first kappa shape index (κ1) is 16.7. The Kier molecular flexibility index (Phi) is 4.69. The van der Waals surface area contributed by atoms with Crippen LogP contribution < -0.4 is 10.6 Å². The van der Waals surface area contributed by atoms with Gasteiger partial charge in [0, 0.05) is 22.0 Å². The minimum absolute atomic E-state index is 0.106. The van der Waals surface area contributed by atoms with Gasteiger partial charge in [0.2, 0.25) is 0 Å². The molecule has 5 nitrogen and oxygen atoms in total. The van der Waals surface area contributed by atoms with Gasteiger partial charge < -0.3 is 15.7 Å². The van der Waals surface area contributed by atoms with Gasteiger partial charge in [-0.2, -0.15) is 0 Å². The van der Waals surface area contributed by atoms with E-state index in [9.17, 15) is 14.7 Å². The molecule has 0 saturated heterocycles. The average molecular weight is 344 g/mol. The van der Waals surface area contributed by atoms with Gasteiger partial charge in [-0.1, -0.05) is 6.07 Å². The van der Waals surface area contributed by atoms with E-state index in [4.69, 9.17) is 0 Å². The molecule has 0 aliphatic heterocycles. The first-order valence-electron chi connectivity index (χ1n) is 7.91. The molecule has 1 aromatic carbocycles. The zero-order chi connectivity index (χ0) is 17.2. The molecule has 1 saturated carbocycles. The van der Waals surface area contributed by atoms with Crippen LogP contribution in [0.4, 0.5) is 0 Å². The third-order valence-corrected chi connectivity index (χ3v) is 5.09. The second-order valence-corrected chi connectivity index (χ2v) is 7.21. The predicted octanol–water partition coefficient (Wildman–Crippen LogP) is 2.28. The zero-order valence-electron chi connectivity index (χ0n) is 13.4. The summed E-state index contributed by atoms with van der Waals surface area (Å²) in [5.41, 5.74) is -0.0996. The molecule has 1 fully saturated rings. The van der Waals surface area contributed by atoms with Crippen LogP contribution in [-0.4, -0.2) is 29.5 Å². The smallest absolute Gasteiger partial charge is 0.251 e. The van der Waals surface area contributed by atoms with Crippen LogP contribution in [0.1, 0.15) is 45.4 Å². The summed E-state index contributed by atoms with van der Waals surface area (Å²) in [6, 6.07) is 10.5. The summed E-state index contributed by atoms with van der Waals surface area (Å²) in [6.07, 6.45) is 2.08. The third-order valence-electron chi connectivity index (χ3n) is 3.97. The van der Waals surface area contributed by atoms with Crippen molar-refractivity contribution in [3.8, 4) is 0 Å². The van der Waals surface area contributed by atoms with Gasteiger partial charge >= 0.3 is 0 Å². The van der Waals surface area contributed by atoms with Crippen LogP contribution in [0.15, 0.2) is 41.8 Å². The van der Waals surface area contributed by atoms with E-state index in [-0.39, 0.29) is 18.4 Å². The van der Waals surface area contributed by atoms with E-state index < -0.39 is 5.60 Å². The summed E-state index contributed by atoms with van der Waals surface area (Å²) >= 11 is 1.45. The lowest BCUT2D eigenvalue weighted by Crippen LogP contribution is -2.38. The minimum atomic E-state index is -1.10. The molecule has 1 heterocycles. The van der Waals surface area contributed by atoms with Crippen LogP contribution in [0.25, 0.3) is 0 Å². The number of hydrogen-bond acceptors (Lipinski definition) is 4. The van der Waals surface area contributed by atoms with E-state index in [0.717, 1.165) is 17.7 Å². The monoisotopic (exact) mass is 344 g/mol. The number of thiophene rings is 1. The Balaban J connectivity index is 1.57. The van der Waals surface area contributed by atoms with Crippen molar-refractivity contribution in [1.82, 2.24) is 10.6 Å². The Labute approximate surface area is 144 Å². The van der Waals surface area contributed by atoms with E-state index in [0.29, 0.717) is 17.2 Å². The number of rotatable bonds is 6. The molecule has 0 radical (unpaired) electrons. The fourth-order valence-corrected chi connectivity index (χ4v) is 3.08. The minimum Gasteiger partial charge on any atom is -0.383 e. The molecule has 1 unspecified atom stereocenters. The van der Waals surface area contributed by atoms with E-state index >= 15 is 0 Å². The highest BCUT2D eigenvalue weighted by atomic mass is 32.1. The Morgan fingerprint density at radius 1 is 1.17 bits per heavy atom. The lowest BCUT2D eigenvalue weighted by Gasteiger charge is -2.22. The molecule has 0 spiro atoms. The lowest BCUT2D eigenvalue weighted by atomic mass is 10.0. The van der Waals surface area contributed by atoms with Crippen LogP contribution in [-0.2, 0) is 5.60 Å². The molecule has 1 aliphatic rings. The quantitative estimate of drug-likeness (QED) is 0.752. The maximum atomic E-state index is 12.2. The zero-order valence-corrected chi connectivity index (χ0v) is 14.2. The van der Waals surface area contributed by atoms with Gasteiger partial charge in [-0.25, -0.2) is 0 Å². The molecule has 6 heteroatoms. The van der Waals surface area contributed by atoms with Gasteiger partial charge in [-0.15, -0.1) is 11.3 Å². The molecule has 126 valence electrons. The summed E-state index contributed by atoms with van der Waals surface area (Å²) < 4.78 is 0. The molecular weight excluding hydrogens is 324 g/mol. The molecular formula is C18H20N2O3S. The number of amides is 2. The highest BCUT2D eigenvalue weighted by Crippen LogP contribution is 2.24. The highest BCUT2D eigenvalue weighted by Gasteiger charge is 2.25. The van der Waals surface area contributed by atoms with Crippen molar-refractivity contribution < 1.29 is 14.7 Å². The van der Waals surface area contributed by atoms with Crippen LogP contribution in [0, 0.1) is 0 Å². The predicted molar refractivity (Wildman–Crippen MR) is 93.2 cm³/mol. The Bertz CT molecular complexity index is 719. The van der Waals surface area contributed by atoms with Crippen molar-refractivity contribution in [3.05, 3.63) is 57.8 Å². The number of carbonyl (C=O) groups excluding carboxylic acids is 2. The number of aliphatic hydroxyl groups is 1. The van der Waals surface area contributed by atoms with Gasteiger partial charge in [-0.3, -0.25) is 9.59 Å². The molecule has 2 amide bonds. The van der Waals surface area contributed by atoms with Crippen molar-refractivity contribution in [3.63, 3.8) is 0 Å².